The van der Waals surface area contributed by atoms with Gasteiger partial charge < -0.3 is 14.8 Å². The number of carboxylic acids is 1. The third kappa shape index (κ3) is 2.85. The van der Waals surface area contributed by atoms with Crippen molar-refractivity contribution in [2.24, 2.45) is 0 Å². The normalized spacial score (nSPS) is 10.2. The minimum atomic E-state index is -1.11. The summed E-state index contributed by atoms with van der Waals surface area (Å²) >= 11 is 3.19. The Morgan fingerprint density at radius 3 is 2.58 bits per heavy atom. The van der Waals surface area contributed by atoms with Gasteiger partial charge in [-0.05, 0) is 31.2 Å². The summed E-state index contributed by atoms with van der Waals surface area (Å²) in [5, 5.41) is 11.7. The van der Waals surface area contributed by atoms with Gasteiger partial charge in [0.05, 0.1) is 23.1 Å². The summed E-state index contributed by atoms with van der Waals surface area (Å²) in [6, 6.07) is 6.15. The fourth-order valence-electron chi connectivity index (χ4n) is 1.61. The van der Waals surface area contributed by atoms with Crippen LogP contribution in [0.15, 0.2) is 39.4 Å². The number of hydrogen-bond acceptors (Lipinski definition) is 3. The van der Waals surface area contributed by atoms with Crippen molar-refractivity contribution in [2.45, 2.75) is 6.92 Å². The van der Waals surface area contributed by atoms with Crippen molar-refractivity contribution in [3.05, 3.63) is 51.9 Å². The monoisotopic (exact) mass is 323 g/mol. The Balaban J connectivity index is 2.32. The van der Waals surface area contributed by atoms with Crippen molar-refractivity contribution in [3.8, 4) is 0 Å². The predicted octanol–water partition coefficient (Wildman–Crippen LogP) is 3.30. The van der Waals surface area contributed by atoms with E-state index in [1.54, 1.807) is 13.0 Å². The topological polar surface area (TPSA) is 79.5 Å². The number of rotatable bonds is 3. The SMILES string of the molecule is Cc1occc1C(=O)Nc1ccc(Br)cc1C(=O)O. The molecule has 0 fully saturated rings. The highest BCUT2D eigenvalue weighted by Crippen LogP contribution is 2.22. The lowest BCUT2D eigenvalue weighted by Crippen LogP contribution is -2.15. The van der Waals surface area contributed by atoms with Crippen LogP contribution in [0, 0.1) is 6.92 Å². The maximum atomic E-state index is 12.0. The number of benzene rings is 1. The van der Waals surface area contributed by atoms with E-state index >= 15 is 0 Å². The van der Waals surface area contributed by atoms with Crippen molar-refractivity contribution in [1.82, 2.24) is 0 Å². The zero-order chi connectivity index (χ0) is 14.0. The molecular weight excluding hydrogens is 314 g/mol. The molecule has 19 heavy (non-hydrogen) atoms. The third-order valence-corrected chi connectivity index (χ3v) is 3.06. The molecule has 1 heterocycles. The molecule has 0 aliphatic rings. The largest absolute Gasteiger partial charge is 0.478 e. The van der Waals surface area contributed by atoms with Crippen LogP contribution in [0.3, 0.4) is 0 Å². The van der Waals surface area contributed by atoms with E-state index in [0.717, 1.165) is 0 Å². The summed E-state index contributed by atoms with van der Waals surface area (Å²) < 4.78 is 5.66. The third-order valence-electron chi connectivity index (χ3n) is 2.56. The van der Waals surface area contributed by atoms with Gasteiger partial charge in [0, 0.05) is 4.47 Å². The number of carboxylic acid groups (broad SMARTS) is 1. The number of halogens is 1. The number of amides is 1. The Kier molecular flexibility index (Phi) is 3.71. The van der Waals surface area contributed by atoms with Gasteiger partial charge in [-0.15, -0.1) is 0 Å². The maximum Gasteiger partial charge on any atom is 0.337 e. The molecule has 2 N–H and O–H groups in total. The molecule has 0 aliphatic carbocycles. The van der Waals surface area contributed by atoms with Crippen LogP contribution < -0.4 is 5.32 Å². The van der Waals surface area contributed by atoms with Crippen molar-refractivity contribution in [1.29, 1.82) is 0 Å². The fourth-order valence-corrected chi connectivity index (χ4v) is 1.97. The van der Waals surface area contributed by atoms with Crippen molar-refractivity contribution in [2.75, 3.05) is 5.32 Å². The fraction of sp³-hybridized carbons (Fsp3) is 0.0769. The highest BCUT2D eigenvalue weighted by molar-refractivity contribution is 9.10. The number of furan rings is 1. The lowest BCUT2D eigenvalue weighted by atomic mass is 10.1. The molecule has 0 saturated heterocycles. The molecule has 0 atom stereocenters. The molecule has 0 aliphatic heterocycles. The number of carbonyl (C=O) groups excluding carboxylic acids is 1. The molecule has 0 saturated carbocycles. The number of aromatic carboxylic acids is 1. The first-order chi connectivity index (χ1) is 8.99. The second-order valence-electron chi connectivity index (χ2n) is 3.84. The number of nitrogens with one attached hydrogen (secondary N) is 1. The Labute approximate surface area is 117 Å². The quantitative estimate of drug-likeness (QED) is 0.908. The van der Waals surface area contributed by atoms with E-state index in [-0.39, 0.29) is 11.3 Å². The van der Waals surface area contributed by atoms with Gasteiger partial charge in [0.25, 0.3) is 5.91 Å². The summed E-state index contributed by atoms with van der Waals surface area (Å²) in [5.74, 6) is -1.04. The second-order valence-corrected chi connectivity index (χ2v) is 4.76. The zero-order valence-corrected chi connectivity index (χ0v) is 11.5. The lowest BCUT2D eigenvalue weighted by molar-refractivity contribution is 0.0698. The first-order valence-corrected chi connectivity index (χ1v) is 6.16. The molecule has 0 radical (unpaired) electrons. The Morgan fingerprint density at radius 2 is 2.00 bits per heavy atom. The Morgan fingerprint density at radius 1 is 1.26 bits per heavy atom. The highest BCUT2D eigenvalue weighted by Gasteiger charge is 2.16. The van der Waals surface area contributed by atoms with Gasteiger partial charge in [0.15, 0.2) is 0 Å². The number of hydrogen-bond donors (Lipinski definition) is 2. The smallest absolute Gasteiger partial charge is 0.337 e. The Bertz CT molecular complexity index is 648. The van der Waals surface area contributed by atoms with Gasteiger partial charge in [-0.3, -0.25) is 4.79 Å². The predicted molar refractivity (Wildman–Crippen MR) is 72.5 cm³/mol. The molecule has 0 spiro atoms. The molecule has 2 aromatic rings. The van der Waals surface area contributed by atoms with Gasteiger partial charge >= 0.3 is 5.97 Å². The molecule has 1 aromatic carbocycles. The minimum absolute atomic E-state index is 0.0175. The van der Waals surface area contributed by atoms with Crippen LogP contribution in [0.25, 0.3) is 0 Å². The summed E-state index contributed by atoms with van der Waals surface area (Å²) in [5.41, 5.74) is 0.629. The standard InChI is InChI=1S/C13H10BrNO4/c1-7-9(4-5-19-7)12(16)15-11-3-2-8(14)6-10(11)13(17)18/h2-6H,1H3,(H,15,16)(H,17,18). The van der Waals surface area contributed by atoms with E-state index in [1.165, 1.54) is 24.5 Å². The molecule has 6 heteroatoms. The maximum absolute atomic E-state index is 12.0. The van der Waals surface area contributed by atoms with Crippen molar-refractivity contribution < 1.29 is 19.1 Å². The number of carbonyl (C=O) groups is 2. The van der Waals surface area contributed by atoms with Gasteiger partial charge in [-0.1, -0.05) is 15.9 Å². The van der Waals surface area contributed by atoms with Gasteiger partial charge in [-0.25, -0.2) is 4.79 Å². The Hall–Kier alpha value is -2.08. The van der Waals surface area contributed by atoms with E-state index in [2.05, 4.69) is 21.2 Å². The average Bonchev–Trinajstić information content (AvgIpc) is 2.77. The first-order valence-electron chi connectivity index (χ1n) is 5.37. The molecule has 1 amide bonds. The van der Waals surface area contributed by atoms with Crippen molar-refractivity contribution >= 4 is 33.5 Å². The van der Waals surface area contributed by atoms with Crippen LogP contribution in [-0.2, 0) is 0 Å². The van der Waals surface area contributed by atoms with E-state index in [1.807, 2.05) is 0 Å². The van der Waals surface area contributed by atoms with E-state index < -0.39 is 11.9 Å². The van der Waals surface area contributed by atoms with Crippen LogP contribution in [-0.4, -0.2) is 17.0 Å². The van der Waals surface area contributed by atoms with E-state index in [4.69, 9.17) is 9.52 Å². The van der Waals surface area contributed by atoms with E-state index in [9.17, 15) is 9.59 Å². The van der Waals surface area contributed by atoms with Crippen molar-refractivity contribution in [3.63, 3.8) is 0 Å². The number of aryl methyl sites for hydroxylation is 1. The second kappa shape index (κ2) is 5.27. The van der Waals surface area contributed by atoms with Crippen LogP contribution in [0.1, 0.15) is 26.5 Å². The van der Waals surface area contributed by atoms with E-state index in [0.29, 0.717) is 15.8 Å². The lowest BCUT2D eigenvalue weighted by Gasteiger charge is -2.08. The first kappa shape index (κ1) is 13.4. The van der Waals surface area contributed by atoms with Gasteiger partial charge in [0.2, 0.25) is 0 Å². The number of anilines is 1. The van der Waals surface area contributed by atoms with Gasteiger partial charge in [0.1, 0.15) is 5.76 Å². The highest BCUT2D eigenvalue weighted by atomic mass is 79.9. The van der Waals surface area contributed by atoms with Crippen LogP contribution >= 0.6 is 15.9 Å². The molecule has 0 unspecified atom stereocenters. The zero-order valence-electron chi connectivity index (χ0n) is 9.94. The van der Waals surface area contributed by atoms with Gasteiger partial charge in [-0.2, -0.15) is 0 Å². The summed E-state index contributed by atoms with van der Waals surface area (Å²) in [6.45, 7) is 1.66. The molecular formula is C13H10BrNO4. The molecule has 0 bridgehead atoms. The van der Waals surface area contributed by atoms with Crippen LogP contribution in [0.4, 0.5) is 5.69 Å². The molecule has 5 nitrogen and oxygen atoms in total. The van der Waals surface area contributed by atoms with Crippen LogP contribution in [0.2, 0.25) is 0 Å². The summed E-state index contributed by atoms with van der Waals surface area (Å²) in [6.07, 6.45) is 1.41. The average molecular weight is 324 g/mol. The molecule has 2 rings (SSSR count). The minimum Gasteiger partial charge on any atom is -0.478 e. The summed E-state index contributed by atoms with van der Waals surface area (Å²) in [7, 11) is 0. The summed E-state index contributed by atoms with van der Waals surface area (Å²) in [4.78, 5) is 23.1. The molecule has 98 valence electrons. The van der Waals surface area contributed by atoms with Crippen LogP contribution in [0.5, 0.6) is 0 Å². The molecule has 1 aromatic heterocycles.